The highest BCUT2D eigenvalue weighted by Gasteiger charge is 2.09. The number of ether oxygens (including phenoxy) is 1. The third-order valence-corrected chi connectivity index (χ3v) is 1.57. The third-order valence-electron chi connectivity index (χ3n) is 1.57. The van der Waals surface area contributed by atoms with Crippen molar-refractivity contribution >= 4 is 11.9 Å². The van der Waals surface area contributed by atoms with Crippen molar-refractivity contribution in [2.75, 3.05) is 0 Å². The minimum absolute atomic E-state index is 0.273. The van der Waals surface area contributed by atoms with Crippen molar-refractivity contribution < 1.29 is 19.4 Å². The Morgan fingerprint density at radius 2 is 1.88 bits per heavy atom. The van der Waals surface area contributed by atoms with E-state index in [9.17, 15) is 9.59 Å². The van der Waals surface area contributed by atoms with E-state index in [0.29, 0.717) is 6.42 Å². The van der Waals surface area contributed by atoms with Crippen LogP contribution in [0.25, 0.3) is 0 Å². The van der Waals surface area contributed by atoms with Crippen molar-refractivity contribution in [1.29, 1.82) is 0 Å². The largest absolute Gasteiger partial charge is 0.481 e. The van der Waals surface area contributed by atoms with Gasteiger partial charge in [0.1, 0.15) is 0 Å². The third kappa shape index (κ3) is 23.0. The molecule has 0 aromatic rings. The summed E-state index contributed by atoms with van der Waals surface area (Å²) in [4.78, 5) is 19.8. The Kier molecular flexibility index (Phi) is 9.55. The van der Waals surface area contributed by atoms with Gasteiger partial charge in [0.25, 0.3) is 0 Å². The number of aliphatic carboxylic acids is 1. The van der Waals surface area contributed by atoms with Gasteiger partial charge in [-0.15, -0.1) is 0 Å². The van der Waals surface area contributed by atoms with Gasteiger partial charge in [0.2, 0.25) is 0 Å². The molecule has 0 aliphatic heterocycles. The number of esters is 1. The van der Waals surface area contributed by atoms with Crippen LogP contribution in [0.2, 0.25) is 0 Å². The second-order valence-corrected chi connectivity index (χ2v) is 4.58. The Balaban J connectivity index is 0. The zero-order chi connectivity index (χ0) is 13.2. The highest BCUT2D eigenvalue weighted by molar-refractivity contribution is 5.66. The smallest absolute Gasteiger partial charge is 0.307 e. The molecular weight excluding hydrogens is 208 g/mol. The molecule has 0 aromatic carbocycles. The molecule has 0 aliphatic carbocycles. The average Bonchev–Trinajstić information content (AvgIpc) is 2.00. The van der Waals surface area contributed by atoms with Crippen molar-refractivity contribution in [3.8, 4) is 0 Å². The van der Waals surface area contributed by atoms with Gasteiger partial charge in [-0.25, -0.2) is 0 Å². The van der Waals surface area contributed by atoms with Gasteiger partial charge < -0.3 is 9.84 Å². The first-order chi connectivity index (χ1) is 7.19. The molecule has 0 aromatic heterocycles. The summed E-state index contributed by atoms with van der Waals surface area (Å²) in [6, 6.07) is 0. The Bertz CT molecular complexity index is 226. The maximum absolute atomic E-state index is 10.1. The van der Waals surface area contributed by atoms with Crippen molar-refractivity contribution in [3.63, 3.8) is 0 Å². The fraction of sp³-hybridized carbons (Fsp3) is 0.667. The van der Waals surface area contributed by atoms with Gasteiger partial charge in [0.15, 0.2) is 0 Å². The molecule has 1 N–H and O–H groups in total. The summed E-state index contributed by atoms with van der Waals surface area (Å²) in [6.45, 7) is 10.8. The van der Waals surface area contributed by atoms with Gasteiger partial charge in [-0.3, -0.25) is 9.59 Å². The minimum Gasteiger partial charge on any atom is -0.481 e. The fourth-order valence-corrected chi connectivity index (χ4v) is 0.887. The topological polar surface area (TPSA) is 63.6 Å². The Labute approximate surface area is 97.3 Å². The Hall–Kier alpha value is -1.32. The van der Waals surface area contributed by atoms with Crippen LogP contribution in [0, 0.1) is 5.41 Å². The van der Waals surface area contributed by atoms with Gasteiger partial charge in [0, 0.05) is 13.3 Å². The van der Waals surface area contributed by atoms with Crippen LogP contribution in [0.4, 0.5) is 0 Å². The number of carbonyl (C=O) groups is 2. The summed E-state index contributed by atoms with van der Waals surface area (Å²) < 4.78 is 4.17. The first-order valence-corrected chi connectivity index (χ1v) is 5.19. The maximum Gasteiger partial charge on any atom is 0.307 e. The minimum atomic E-state index is -0.691. The lowest BCUT2D eigenvalue weighted by Gasteiger charge is -2.16. The van der Waals surface area contributed by atoms with Crippen LogP contribution in [-0.2, 0) is 14.3 Å². The molecule has 0 radical (unpaired) electrons. The first kappa shape index (κ1) is 17.1. The summed E-state index contributed by atoms with van der Waals surface area (Å²) in [5, 5.41) is 8.31. The molecule has 16 heavy (non-hydrogen) atoms. The summed E-state index contributed by atoms with van der Waals surface area (Å²) >= 11 is 0. The van der Waals surface area contributed by atoms with E-state index in [2.05, 4.69) is 32.1 Å². The molecule has 0 amide bonds. The van der Waals surface area contributed by atoms with Crippen LogP contribution in [0.15, 0.2) is 12.8 Å². The number of carboxylic acid groups (broad SMARTS) is 1. The van der Waals surface area contributed by atoms with E-state index in [4.69, 9.17) is 5.11 Å². The number of carboxylic acids is 1. The Morgan fingerprint density at radius 1 is 1.38 bits per heavy atom. The molecule has 94 valence electrons. The zero-order valence-electron chi connectivity index (χ0n) is 10.6. The van der Waals surface area contributed by atoms with E-state index in [0.717, 1.165) is 19.1 Å². The lowest BCUT2D eigenvalue weighted by Crippen LogP contribution is -2.05. The molecule has 0 saturated carbocycles. The molecule has 0 saturated heterocycles. The number of hydrogen-bond acceptors (Lipinski definition) is 3. The molecule has 0 bridgehead atoms. The van der Waals surface area contributed by atoms with Crippen molar-refractivity contribution in [3.05, 3.63) is 12.8 Å². The molecule has 0 unspecified atom stereocenters. The van der Waals surface area contributed by atoms with Crippen LogP contribution >= 0.6 is 0 Å². The van der Waals surface area contributed by atoms with E-state index < -0.39 is 5.97 Å². The van der Waals surface area contributed by atoms with E-state index in [1.165, 1.54) is 6.92 Å². The predicted molar refractivity (Wildman–Crippen MR) is 62.9 cm³/mol. The molecule has 0 rings (SSSR count). The molecule has 0 aliphatic rings. The molecule has 4 heteroatoms. The summed E-state index contributed by atoms with van der Waals surface area (Å²) in [5.74, 6) is -1.02. The molecule has 0 atom stereocenters. The molecule has 0 spiro atoms. The highest BCUT2D eigenvalue weighted by atomic mass is 16.5. The molecule has 0 fully saturated rings. The fourth-order valence-electron chi connectivity index (χ4n) is 0.887. The Morgan fingerprint density at radius 3 is 2.06 bits per heavy atom. The quantitative estimate of drug-likeness (QED) is 0.595. The predicted octanol–water partition coefficient (Wildman–Crippen LogP) is 2.98. The summed E-state index contributed by atoms with van der Waals surface area (Å²) in [6.07, 6.45) is 3.18. The second kappa shape index (κ2) is 8.95. The monoisotopic (exact) mass is 230 g/mol. The van der Waals surface area contributed by atoms with Crippen molar-refractivity contribution in [1.82, 2.24) is 0 Å². The normalized spacial score (nSPS) is 9.75. The zero-order valence-corrected chi connectivity index (χ0v) is 10.6. The highest BCUT2D eigenvalue weighted by Crippen LogP contribution is 2.21. The molecular formula is C12H22O4. The maximum atomic E-state index is 10.1. The van der Waals surface area contributed by atoms with Crippen LogP contribution in [0.3, 0.4) is 0 Å². The second-order valence-electron chi connectivity index (χ2n) is 4.58. The van der Waals surface area contributed by atoms with E-state index in [-0.39, 0.29) is 11.4 Å². The van der Waals surface area contributed by atoms with Crippen molar-refractivity contribution in [2.24, 2.45) is 5.41 Å². The van der Waals surface area contributed by atoms with E-state index >= 15 is 0 Å². The van der Waals surface area contributed by atoms with Gasteiger partial charge in [-0.05, 0) is 18.3 Å². The van der Waals surface area contributed by atoms with Crippen molar-refractivity contribution in [2.45, 2.75) is 47.0 Å². The van der Waals surface area contributed by atoms with E-state index in [1.54, 1.807) is 0 Å². The number of hydrogen-bond donors (Lipinski definition) is 1. The molecule has 4 nitrogen and oxygen atoms in total. The SMILES string of the molecule is C=COC(C)=O.CC(C)(C)CCCC(=O)O. The lowest BCUT2D eigenvalue weighted by molar-refractivity contribution is -0.137. The van der Waals surface area contributed by atoms with E-state index in [1.807, 2.05) is 0 Å². The summed E-state index contributed by atoms with van der Waals surface area (Å²) in [5.41, 5.74) is 0.273. The van der Waals surface area contributed by atoms with Crippen LogP contribution < -0.4 is 0 Å². The average molecular weight is 230 g/mol. The standard InChI is InChI=1S/C8H16O2.C4H6O2/c1-8(2,3)6-4-5-7(9)10;1-3-6-4(2)5/h4-6H2,1-3H3,(H,9,10);3H,1H2,2H3. The van der Waals surface area contributed by atoms with Gasteiger partial charge >= 0.3 is 11.9 Å². The van der Waals surface area contributed by atoms with Crippen LogP contribution in [-0.4, -0.2) is 17.0 Å². The van der Waals surface area contributed by atoms with Gasteiger partial charge in [-0.1, -0.05) is 27.4 Å². The molecule has 0 heterocycles. The van der Waals surface area contributed by atoms with Crippen LogP contribution in [0.5, 0.6) is 0 Å². The number of rotatable bonds is 4. The van der Waals surface area contributed by atoms with Gasteiger partial charge in [0.05, 0.1) is 6.26 Å². The summed E-state index contributed by atoms with van der Waals surface area (Å²) in [7, 11) is 0. The van der Waals surface area contributed by atoms with Gasteiger partial charge in [-0.2, -0.15) is 0 Å². The first-order valence-electron chi connectivity index (χ1n) is 5.19. The number of carbonyl (C=O) groups excluding carboxylic acids is 1. The lowest BCUT2D eigenvalue weighted by atomic mass is 9.90. The van der Waals surface area contributed by atoms with Crippen LogP contribution in [0.1, 0.15) is 47.0 Å².